The van der Waals surface area contributed by atoms with Crippen molar-refractivity contribution in [1.29, 1.82) is 0 Å². The number of nitrogens with zero attached hydrogens (tertiary/aromatic N) is 1. The summed E-state index contributed by atoms with van der Waals surface area (Å²) in [6, 6.07) is 15.0. The predicted octanol–water partition coefficient (Wildman–Crippen LogP) is 12.1. The van der Waals surface area contributed by atoms with Crippen molar-refractivity contribution in [3.8, 4) is 0 Å². The van der Waals surface area contributed by atoms with Crippen LogP contribution in [0.2, 0.25) is 0 Å². The van der Waals surface area contributed by atoms with Gasteiger partial charge in [0.1, 0.15) is 0 Å². The highest BCUT2D eigenvalue weighted by Gasteiger charge is 2.53. The lowest BCUT2D eigenvalue weighted by atomic mass is 9.49. The minimum absolute atomic E-state index is 0.245. The maximum absolute atomic E-state index is 5.57. The molecule has 264 valence electrons. The highest BCUT2D eigenvalue weighted by atomic mass is 32.2. The summed E-state index contributed by atoms with van der Waals surface area (Å²) in [5.74, 6) is 3.76. The topological polar surface area (TPSA) is 24.4 Å². The molecule has 2 aromatic carbocycles. The van der Waals surface area contributed by atoms with Gasteiger partial charge in [0.05, 0.1) is 0 Å². The number of amidine groups is 1. The van der Waals surface area contributed by atoms with Crippen molar-refractivity contribution in [1.82, 2.24) is 5.32 Å². The van der Waals surface area contributed by atoms with E-state index in [1.54, 1.807) is 22.3 Å². The van der Waals surface area contributed by atoms with Crippen molar-refractivity contribution < 1.29 is 0 Å². The molecule has 0 aromatic heterocycles. The second kappa shape index (κ2) is 14.1. The Morgan fingerprint density at radius 2 is 1.29 bits per heavy atom. The summed E-state index contributed by atoms with van der Waals surface area (Å²) < 4.78 is 0. The summed E-state index contributed by atoms with van der Waals surface area (Å²) in [5, 5.41) is 5.29. The smallest absolute Gasteiger partial charge is 0.156 e. The van der Waals surface area contributed by atoms with Crippen LogP contribution < -0.4 is 5.32 Å². The Balaban J connectivity index is 1.21. The first kappa shape index (κ1) is 36.1. The Hall–Kier alpha value is -1.74. The van der Waals surface area contributed by atoms with Crippen LogP contribution in [0.4, 0.5) is 0 Å². The van der Waals surface area contributed by atoms with E-state index >= 15 is 0 Å². The van der Waals surface area contributed by atoms with Gasteiger partial charge in [-0.05, 0) is 136 Å². The number of unbranched alkanes of at least 4 members (excludes halogenated alkanes) is 1. The summed E-state index contributed by atoms with van der Waals surface area (Å²) in [6.45, 7) is 24.1. The summed E-state index contributed by atoms with van der Waals surface area (Å²) in [4.78, 5) is 5.57. The van der Waals surface area contributed by atoms with Crippen LogP contribution in [-0.4, -0.2) is 24.0 Å². The highest BCUT2D eigenvalue weighted by Crippen LogP contribution is 2.59. The van der Waals surface area contributed by atoms with Crippen molar-refractivity contribution in [2.45, 2.75) is 162 Å². The maximum Gasteiger partial charge on any atom is 0.156 e. The Bertz CT molecular complexity index is 1470. The molecule has 48 heavy (non-hydrogen) atoms. The Kier molecular flexibility index (Phi) is 10.6. The van der Waals surface area contributed by atoms with Crippen molar-refractivity contribution in [2.24, 2.45) is 27.7 Å². The number of aryl methyl sites for hydroxylation is 2. The Morgan fingerprint density at radius 3 is 1.81 bits per heavy atom. The third-order valence-corrected chi connectivity index (χ3v) is 15.3. The average molecular weight is 669 g/mol. The fraction of sp³-hybridized carbons (Fsp3) is 0.711. The molecule has 2 aromatic rings. The molecule has 0 spiro atoms. The van der Waals surface area contributed by atoms with Crippen molar-refractivity contribution >= 4 is 16.9 Å². The van der Waals surface area contributed by atoms with Gasteiger partial charge in [-0.1, -0.05) is 130 Å². The quantitative estimate of drug-likeness (QED) is 0.163. The molecule has 0 saturated heterocycles. The normalized spacial score (nSPS) is 33.2. The van der Waals surface area contributed by atoms with Crippen LogP contribution in [0.5, 0.6) is 0 Å². The summed E-state index contributed by atoms with van der Waals surface area (Å²) in [5.41, 5.74) is 10.6. The van der Waals surface area contributed by atoms with Gasteiger partial charge in [0.2, 0.25) is 0 Å². The molecular formula is C45H68N2S. The molecular weight excluding hydrogens is 601 g/mol. The number of nitrogens with one attached hydrogen (secondary N) is 1. The van der Waals surface area contributed by atoms with E-state index in [2.05, 4.69) is 104 Å². The standard InChI is InChI=1S/C45H68N2S/c1-10-11-26-48-41(46-29-42(6)22-12-24-44(8)37-18-14-33(31(2)3)27-35(37)16-20-39(42)44)47-30-43(7)23-13-25-45(9)38-19-15-34(32(4)5)28-36(38)17-21-40(43)45/h14-15,18-19,27-28,31-32,39-40H,10-13,16-17,20-26,29-30H2,1-9H3,(H,46,47)/t39-,40-,42-,43-,44+,45+/m0/s1. The maximum atomic E-state index is 5.57. The number of benzene rings is 2. The van der Waals surface area contributed by atoms with E-state index in [4.69, 9.17) is 4.99 Å². The molecule has 0 heterocycles. The molecule has 6 rings (SSSR count). The molecule has 0 radical (unpaired) electrons. The van der Waals surface area contributed by atoms with E-state index in [1.165, 1.54) is 93.3 Å². The first-order valence-electron chi connectivity index (χ1n) is 20.0. The number of rotatable bonds is 9. The minimum Gasteiger partial charge on any atom is -0.364 e. The summed E-state index contributed by atoms with van der Waals surface area (Å²) >= 11 is 2.00. The molecule has 2 nitrogen and oxygen atoms in total. The monoisotopic (exact) mass is 669 g/mol. The van der Waals surface area contributed by atoms with E-state index in [9.17, 15) is 0 Å². The lowest BCUT2D eigenvalue weighted by Gasteiger charge is -2.56. The van der Waals surface area contributed by atoms with E-state index in [-0.39, 0.29) is 21.7 Å². The Labute approximate surface area is 299 Å². The number of hydrogen-bond acceptors (Lipinski definition) is 2. The third kappa shape index (κ3) is 6.69. The molecule has 4 aliphatic carbocycles. The molecule has 1 N–H and O–H groups in total. The van der Waals surface area contributed by atoms with Crippen molar-refractivity contribution in [3.63, 3.8) is 0 Å². The van der Waals surface area contributed by atoms with Crippen LogP contribution in [0.1, 0.15) is 172 Å². The molecule has 6 atom stereocenters. The highest BCUT2D eigenvalue weighted by molar-refractivity contribution is 8.13. The van der Waals surface area contributed by atoms with Gasteiger partial charge in [-0.25, -0.2) is 0 Å². The molecule has 0 amide bonds. The molecule has 0 bridgehead atoms. The second-order valence-electron chi connectivity index (χ2n) is 18.4. The lowest BCUT2D eigenvalue weighted by Crippen LogP contribution is -2.53. The van der Waals surface area contributed by atoms with Gasteiger partial charge in [-0.3, -0.25) is 4.99 Å². The predicted molar refractivity (Wildman–Crippen MR) is 211 cm³/mol. The third-order valence-electron chi connectivity index (χ3n) is 14.3. The van der Waals surface area contributed by atoms with Crippen LogP contribution in [-0.2, 0) is 23.7 Å². The number of fused-ring (bicyclic) bond motifs is 6. The van der Waals surface area contributed by atoms with Gasteiger partial charge in [0.25, 0.3) is 0 Å². The number of thioether (sulfide) groups is 1. The molecule has 0 aliphatic heterocycles. The molecule has 4 aliphatic rings. The number of hydrogen-bond donors (Lipinski definition) is 1. The fourth-order valence-corrected chi connectivity index (χ4v) is 12.4. The van der Waals surface area contributed by atoms with Crippen LogP contribution in [0, 0.1) is 22.7 Å². The largest absolute Gasteiger partial charge is 0.364 e. The van der Waals surface area contributed by atoms with Gasteiger partial charge >= 0.3 is 0 Å². The second-order valence-corrected chi connectivity index (χ2v) is 19.4. The van der Waals surface area contributed by atoms with Crippen LogP contribution in [0.25, 0.3) is 0 Å². The average Bonchev–Trinajstić information content (AvgIpc) is 3.05. The zero-order valence-electron chi connectivity index (χ0n) is 32.2. The minimum atomic E-state index is 0.245. The zero-order chi connectivity index (χ0) is 34.3. The lowest BCUT2D eigenvalue weighted by molar-refractivity contribution is 0.0289. The van der Waals surface area contributed by atoms with E-state index in [1.807, 2.05) is 11.8 Å². The van der Waals surface area contributed by atoms with E-state index < -0.39 is 0 Å². The van der Waals surface area contributed by atoms with Gasteiger partial charge < -0.3 is 5.32 Å². The SMILES string of the molecule is CCCCSC(=NC[C@]1(C)CCC[C@]2(C)c3ccc(C(C)C)cc3CC[C@@H]12)NC[C@]1(C)CCC[C@]2(C)c3ccc(C(C)C)cc3CC[C@@H]12. The van der Waals surface area contributed by atoms with Crippen molar-refractivity contribution in [2.75, 3.05) is 18.8 Å². The van der Waals surface area contributed by atoms with Crippen LogP contribution >= 0.6 is 11.8 Å². The van der Waals surface area contributed by atoms with Gasteiger partial charge in [-0.15, -0.1) is 0 Å². The van der Waals surface area contributed by atoms with E-state index in [0.29, 0.717) is 23.7 Å². The zero-order valence-corrected chi connectivity index (χ0v) is 33.1. The molecule has 2 fully saturated rings. The molecule has 3 heteroatoms. The van der Waals surface area contributed by atoms with Gasteiger partial charge in [0, 0.05) is 18.8 Å². The molecule has 0 unspecified atom stereocenters. The van der Waals surface area contributed by atoms with Gasteiger partial charge in [-0.2, -0.15) is 0 Å². The first-order valence-corrected chi connectivity index (χ1v) is 21.0. The van der Waals surface area contributed by atoms with Crippen LogP contribution in [0.3, 0.4) is 0 Å². The fourth-order valence-electron chi connectivity index (χ4n) is 11.4. The Morgan fingerprint density at radius 1 is 0.771 bits per heavy atom. The molecule has 2 saturated carbocycles. The number of aliphatic imine (C=N–C) groups is 1. The van der Waals surface area contributed by atoms with Crippen molar-refractivity contribution in [3.05, 3.63) is 69.8 Å². The van der Waals surface area contributed by atoms with E-state index in [0.717, 1.165) is 18.8 Å². The first-order chi connectivity index (χ1) is 22.8. The summed E-state index contributed by atoms with van der Waals surface area (Å²) in [6.07, 6.45) is 15.5. The summed E-state index contributed by atoms with van der Waals surface area (Å²) in [7, 11) is 0. The van der Waals surface area contributed by atoms with Gasteiger partial charge in [0.15, 0.2) is 5.17 Å². The van der Waals surface area contributed by atoms with Crippen LogP contribution in [0.15, 0.2) is 41.4 Å².